The predicted octanol–water partition coefficient (Wildman–Crippen LogP) is 2.98. The van der Waals surface area contributed by atoms with Gasteiger partial charge in [-0.3, -0.25) is 9.03 Å². The Hall–Kier alpha value is -1.10. The molecule has 1 aromatic carbocycles. The quantitative estimate of drug-likeness (QED) is 0.709. The summed E-state index contributed by atoms with van der Waals surface area (Å²) >= 11 is 4.11. The summed E-state index contributed by atoms with van der Waals surface area (Å²) in [7, 11) is -7.02. The van der Waals surface area contributed by atoms with Crippen LogP contribution in [0.4, 0.5) is 11.4 Å². The van der Waals surface area contributed by atoms with E-state index < -0.39 is 20.0 Å². The van der Waals surface area contributed by atoms with Crippen LogP contribution in [0.3, 0.4) is 0 Å². The first kappa shape index (κ1) is 17.7. The van der Waals surface area contributed by atoms with Crippen LogP contribution in [-0.4, -0.2) is 28.0 Å². The molecule has 130 valence electrons. The van der Waals surface area contributed by atoms with Crippen LogP contribution in [0.5, 0.6) is 0 Å². The molecule has 10 heteroatoms. The lowest BCUT2D eigenvalue weighted by Gasteiger charge is -2.30. The number of rotatable bonds is 5. The van der Waals surface area contributed by atoms with Crippen LogP contribution in [0.15, 0.2) is 39.9 Å². The third-order valence-electron chi connectivity index (χ3n) is 3.61. The summed E-state index contributed by atoms with van der Waals surface area (Å²) < 4.78 is 52.9. The molecule has 1 aliphatic rings. The Kier molecular flexibility index (Phi) is 4.92. The Balaban J connectivity index is 1.98. The molecule has 6 nitrogen and oxygen atoms in total. The second-order valence-corrected chi connectivity index (χ2v) is 11.3. The Labute approximate surface area is 153 Å². The van der Waals surface area contributed by atoms with Gasteiger partial charge in [-0.2, -0.15) is 0 Å². The molecule has 1 N–H and O–H groups in total. The number of fused-ring (bicyclic) bond motifs is 1. The standard InChI is InChI=1S/C14H15BrN2O4S3/c15-10-23(18,19)16-12-5-6-13-11(9-12)3-1-7-17(13)24(20,21)14-4-2-8-22-14/h2,4-6,8-9,16H,1,3,7,10H2. The molecule has 0 aliphatic carbocycles. The first-order valence-corrected chi connectivity index (χ1v) is 12.2. The molecule has 0 saturated heterocycles. The highest BCUT2D eigenvalue weighted by molar-refractivity contribution is 9.10. The maximum Gasteiger partial charge on any atom is 0.273 e. The molecule has 0 bridgehead atoms. The number of alkyl halides is 1. The molecule has 0 unspecified atom stereocenters. The van der Waals surface area contributed by atoms with Gasteiger partial charge < -0.3 is 0 Å². The van der Waals surface area contributed by atoms with Gasteiger partial charge in [0.05, 0.1) is 5.69 Å². The Bertz CT molecular complexity index is 940. The van der Waals surface area contributed by atoms with E-state index in [4.69, 9.17) is 0 Å². The second kappa shape index (κ2) is 6.66. The second-order valence-electron chi connectivity index (χ2n) is 5.28. The molecule has 0 fully saturated rings. The molecule has 1 aliphatic heterocycles. The minimum absolute atomic E-state index is 0.198. The smallest absolute Gasteiger partial charge is 0.273 e. The number of hydrogen-bond acceptors (Lipinski definition) is 5. The van der Waals surface area contributed by atoms with Crippen LogP contribution in [0.1, 0.15) is 12.0 Å². The molecule has 0 saturated carbocycles. The van der Waals surface area contributed by atoms with Crippen molar-refractivity contribution < 1.29 is 16.8 Å². The molecule has 0 atom stereocenters. The average Bonchev–Trinajstić information content (AvgIpc) is 3.09. The number of nitrogens with one attached hydrogen (secondary N) is 1. The molecular formula is C14H15BrN2O4S3. The molecule has 24 heavy (non-hydrogen) atoms. The number of nitrogens with zero attached hydrogens (tertiary/aromatic N) is 1. The van der Waals surface area contributed by atoms with E-state index in [-0.39, 0.29) is 4.66 Å². The van der Waals surface area contributed by atoms with Crippen LogP contribution in [0.2, 0.25) is 0 Å². The molecule has 0 spiro atoms. The van der Waals surface area contributed by atoms with Crippen LogP contribution >= 0.6 is 27.3 Å². The average molecular weight is 451 g/mol. The van der Waals surface area contributed by atoms with E-state index >= 15 is 0 Å². The van der Waals surface area contributed by atoms with E-state index in [9.17, 15) is 16.8 Å². The van der Waals surface area contributed by atoms with E-state index in [1.165, 1.54) is 15.6 Å². The van der Waals surface area contributed by atoms with Gasteiger partial charge in [0.25, 0.3) is 10.0 Å². The number of thiophene rings is 1. The normalized spacial score (nSPS) is 15.1. The number of sulfonamides is 2. The lowest BCUT2D eigenvalue weighted by molar-refractivity contribution is 0.588. The van der Waals surface area contributed by atoms with Gasteiger partial charge in [-0.05, 0) is 48.1 Å². The maximum atomic E-state index is 12.8. The Morgan fingerprint density at radius 2 is 2.00 bits per heavy atom. The molecular weight excluding hydrogens is 436 g/mol. The van der Waals surface area contributed by atoms with Crippen LogP contribution in [0, 0.1) is 0 Å². The lowest BCUT2D eigenvalue weighted by Crippen LogP contribution is -2.35. The Morgan fingerprint density at radius 3 is 2.67 bits per heavy atom. The molecule has 2 heterocycles. The van der Waals surface area contributed by atoms with Gasteiger partial charge in [-0.15, -0.1) is 11.3 Å². The van der Waals surface area contributed by atoms with Gasteiger partial charge in [0, 0.05) is 12.2 Å². The first-order valence-electron chi connectivity index (χ1n) is 7.09. The van der Waals surface area contributed by atoms with Crippen molar-refractivity contribution >= 4 is 58.7 Å². The van der Waals surface area contributed by atoms with Crippen molar-refractivity contribution in [2.24, 2.45) is 0 Å². The number of hydrogen-bond donors (Lipinski definition) is 1. The van der Waals surface area contributed by atoms with Gasteiger partial charge in [0.2, 0.25) is 10.0 Å². The predicted molar refractivity (Wildman–Crippen MR) is 100.0 cm³/mol. The van der Waals surface area contributed by atoms with E-state index in [0.29, 0.717) is 35.0 Å². The fraction of sp³-hybridized carbons (Fsp3) is 0.286. The van der Waals surface area contributed by atoms with Crippen LogP contribution in [-0.2, 0) is 26.5 Å². The summed E-state index contributed by atoms with van der Waals surface area (Å²) in [6, 6.07) is 8.24. The minimum Gasteiger partial charge on any atom is -0.283 e. The number of halogens is 1. The zero-order valence-electron chi connectivity index (χ0n) is 12.5. The molecule has 0 amide bonds. The van der Waals surface area contributed by atoms with Crippen molar-refractivity contribution in [2.75, 3.05) is 20.2 Å². The largest absolute Gasteiger partial charge is 0.283 e. The monoisotopic (exact) mass is 450 g/mol. The summed E-state index contributed by atoms with van der Waals surface area (Å²) in [5.74, 6) is 0. The molecule has 1 aromatic heterocycles. The zero-order chi connectivity index (χ0) is 17.4. The summed E-state index contributed by atoms with van der Waals surface area (Å²) in [5.41, 5.74) is 1.86. The first-order chi connectivity index (χ1) is 11.3. The van der Waals surface area contributed by atoms with Crippen molar-refractivity contribution in [3.05, 3.63) is 41.3 Å². The summed E-state index contributed by atoms with van der Waals surface area (Å²) in [5, 5.41) is 1.73. The number of benzene rings is 1. The van der Waals surface area contributed by atoms with Crippen molar-refractivity contribution in [2.45, 2.75) is 17.1 Å². The zero-order valence-corrected chi connectivity index (χ0v) is 16.5. The third-order valence-corrected chi connectivity index (χ3v) is 9.44. The highest BCUT2D eigenvalue weighted by Gasteiger charge is 2.30. The topological polar surface area (TPSA) is 83.6 Å². The van der Waals surface area contributed by atoms with Gasteiger partial charge in [0.1, 0.15) is 8.87 Å². The molecule has 0 radical (unpaired) electrons. The minimum atomic E-state index is -3.58. The summed E-state index contributed by atoms with van der Waals surface area (Å²) in [4.78, 5) is 0. The van der Waals surface area contributed by atoms with E-state index in [1.54, 1.807) is 35.7 Å². The number of aryl methyl sites for hydroxylation is 1. The fourth-order valence-electron chi connectivity index (χ4n) is 2.60. The van der Waals surface area contributed by atoms with Crippen molar-refractivity contribution in [3.63, 3.8) is 0 Å². The maximum absolute atomic E-state index is 12.8. The van der Waals surface area contributed by atoms with Crippen molar-refractivity contribution in [3.8, 4) is 0 Å². The third kappa shape index (κ3) is 3.46. The van der Waals surface area contributed by atoms with Gasteiger partial charge >= 0.3 is 0 Å². The molecule has 3 rings (SSSR count). The van der Waals surface area contributed by atoms with Gasteiger partial charge in [0.15, 0.2) is 0 Å². The van der Waals surface area contributed by atoms with Crippen molar-refractivity contribution in [1.82, 2.24) is 0 Å². The van der Waals surface area contributed by atoms with E-state index in [0.717, 1.165) is 5.56 Å². The summed E-state index contributed by atoms with van der Waals surface area (Å²) in [6.45, 7) is 0.416. The highest BCUT2D eigenvalue weighted by atomic mass is 79.9. The van der Waals surface area contributed by atoms with E-state index in [2.05, 4.69) is 20.7 Å². The molecule has 2 aromatic rings. The van der Waals surface area contributed by atoms with Gasteiger partial charge in [-0.25, -0.2) is 16.8 Å². The lowest BCUT2D eigenvalue weighted by atomic mass is 10.0. The Morgan fingerprint density at radius 1 is 1.21 bits per heavy atom. The van der Waals surface area contributed by atoms with Gasteiger partial charge in [-0.1, -0.05) is 22.0 Å². The summed E-state index contributed by atoms with van der Waals surface area (Å²) in [6.07, 6.45) is 1.39. The van der Waals surface area contributed by atoms with Crippen LogP contribution < -0.4 is 9.03 Å². The highest BCUT2D eigenvalue weighted by Crippen LogP contribution is 2.35. The SMILES string of the molecule is O=S(=O)(CBr)Nc1ccc2c(c1)CCCN2S(=O)(=O)c1cccs1. The van der Waals surface area contributed by atoms with Crippen molar-refractivity contribution in [1.29, 1.82) is 0 Å². The number of anilines is 2. The fourth-order valence-corrected chi connectivity index (χ4v) is 6.13. The van der Waals surface area contributed by atoms with E-state index in [1.807, 2.05) is 0 Å². The van der Waals surface area contributed by atoms with Crippen LogP contribution in [0.25, 0.3) is 0 Å².